The maximum atomic E-state index is 8.85. The van der Waals surface area contributed by atoms with Gasteiger partial charge in [0.15, 0.2) is 0 Å². The van der Waals surface area contributed by atoms with Crippen molar-refractivity contribution >= 4 is 0 Å². The summed E-state index contributed by atoms with van der Waals surface area (Å²) in [6, 6.07) is 22.0. The molecule has 2 aromatic carbocycles. The summed E-state index contributed by atoms with van der Waals surface area (Å²) in [4.78, 5) is 4.07. The van der Waals surface area contributed by atoms with Gasteiger partial charge in [0.2, 0.25) is 5.88 Å². The highest BCUT2D eigenvalue weighted by molar-refractivity contribution is 5.38. The second kappa shape index (κ2) is 6.42. The minimum Gasteiger partial charge on any atom is -0.457 e. The highest BCUT2D eigenvalue weighted by atomic mass is 16.5. The molecule has 0 bridgehead atoms. The molecule has 4 nitrogen and oxygen atoms in total. The molecule has 106 valence electrons. The van der Waals surface area contributed by atoms with Crippen LogP contribution in [0.4, 0.5) is 0 Å². The summed E-state index contributed by atoms with van der Waals surface area (Å²) >= 11 is 0. The van der Waals surface area contributed by atoms with Gasteiger partial charge in [0.1, 0.15) is 17.2 Å². The van der Waals surface area contributed by atoms with Crippen LogP contribution < -0.4 is 9.47 Å². The monoisotopic (exact) mass is 288 g/mol. The van der Waals surface area contributed by atoms with E-state index in [9.17, 15) is 0 Å². The SMILES string of the molecule is N#Cc1ccnc(Oc2ccc(Oc3ccccc3)cc2)c1. The quantitative estimate of drug-likeness (QED) is 0.707. The Morgan fingerprint density at radius 1 is 0.773 bits per heavy atom. The van der Waals surface area contributed by atoms with Crippen molar-refractivity contribution in [2.75, 3.05) is 0 Å². The molecule has 3 rings (SSSR count). The number of benzene rings is 2. The van der Waals surface area contributed by atoms with Gasteiger partial charge in [0.25, 0.3) is 0 Å². The summed E-state index contributed by atoms with van der Waals surface area (Å²) < 4.78 is 11.3. The fourth-order valence-electron chi connectivity index (χ4n) is 1.86. The molecule has 0 spiro atoms. The van der Waals surface area contributed by atoms with Gasteiger partial charge in [-0.1, -0.05) is 18.2 Å². The van der Waals surface area contributed by atoms with Crippen molar-refractivity contribution in [3.05, 3.63) is 78.5 Å². The molecule has 0 aliphatic heterocycles. The third-order valence-corrected chi connectivity index (χ3v) is 2.89. The van der Waals surface area contributed by atoms with Crippen LogP contribution in [0.1, 0.15) is 5.56 Å². The van der Waals surface area contributed by atoms with Gasteiger partial charge in [-0.3, -0.25) is 0 Å². The maximum Gasteiger partial charge on any atom is 0.220 e. The largest absolute Gasteiger partial charge is 0.457 e. The average Bonchev–Trinajstić information content (AvgIpc) is 2.58. The van der Waals surface area contributed by atoms with E-state index in [1.54, 1.807) is 30.5 Å². The van der Waals surface area contributed by atoms with Gasteiger partial charge in [0, 0.05) is 12.3 Å². The van der Waals surface area contributed by atoms with E-state index in [1.165, 1.54) is 0 Å². The van der Waals surface area contributed by atoms with Crippen molar-refractivity contribution in [3.63, 3.8) is 0 Å². The topological polar surface area (TPSA) is 55.1 Å². The number of ether oxygens (including phenoxy) is 2. The fourth-order valence-corrected chi connectivity index (χ4v) is 1.86. The molecule has 4 heteroatoms. The molecular weight excluding hydrogens is 276 g/mol. The van der Waals surface area contributed by atoms with E-state index in [4.69, 9.17) is 14.7 Å². The second-order valence-electron chi connectivity index (χ2n) is 4.48. The Kier molecular flexibility index (Phi) is 3.98. The molecule has 0 aliphatic rings. The molecule has 1 aromatic heterocycles. The van der Waals surface area contributed by atoms with E-state index < -0.39 is 0 Å². The Balaban J connectivity index is 1.70. The first-order valence-electron chi connectivity index (χ1n) is 6.70. The number of hydrogen-bond acceptors (Lipinski definition) is 4. The van der Waals surface area contributed by atoms with Crippen LogP contribution in [-0.4, -0.2) is 4.98 Å². The van der Waals surface area contributed by atoms with E-state index in [0.717, 1.165) is 11.5 Å². The van der Waals surface area contributed by atoms with E-state index >= 15 is 0 Å². The lowest BCUT2D eigenvalue weighted by atomic mass is 10.3. The molecule has 0 unspecified atom stereocenters. The zero-order valence-corrected chi connectivity index (χ0v) is 11.6. The number of aromatic nitrogens is 1. The first-order valence-corrected chi connectivity index (χ1v) is 6.70. The van der Waals surface area contributed by atoms with Crippen molar-refractivity contribution in [1.82, 2.24) is 4.98 Å². The normalized spacial score (nSPS) is 9.77. The number of hydrogen-bond donors (Lipinski definition) is 0. The first kappa shape index (κ1) is 13.7. The molecular formula is C18H12N2O2. The maximum absolute atomic E-state index is 8.85. The Morgan fingerprint density at radius 2 is 1.41 bits per heavy atom. The van der Waals surface area contributed by atoms with Crippen LogP contribution in [-0.2, 0) is 0 Å². The van der Waals surface area contributed by atoms with Gasteiger partial charge in [-0.05, 0) is 42.5 Å². The van der Waals surface area contributed by atoms with Crippen molar-refractivity contribution in [2.24, 2.45) is 0 Å². The number of rotatable bonds is 4. The van der Waals surface area contributed by atoms with Crippen molar-refractivity contribution in [2.45, 2.75) is 0 Å². The van der Waals surface area contributed by atoms with E-state index in [1.807, 2.05) is 48.5 Å². The highest BCUT2D eigenvalue weighted by Gasteiger charge is 2.02. The van der Waals surface area contributed by atoms with Crippen LogP contribution in [0.15, 0.2) is 72.9 Å². The van der Waals surface area contributed by atoms with Gasteiger partial charge < -0.3 is 9.47 Å². The molecule has 0 amide bonds. The molecule has 0 saturated heterocycles. The van der Waals surface area contributed by atoms with Crippen LogP contribution in [0.2, 0.25) is 0 Å². The second-order valence-corrected chi connectivity index (χ2v) is 4.48. The minimum absolute atomic E-state index is 0.385. The molecule has 0 N–H and O–H groups in total. The van der Waals surface area contributed by atoms with Crippen LogP contribution in [0, 0.1) is 11.3 Å². The van der Waals surface area contributed by atoms with Crippen LogP contribution >= 0.6 is 0 Å². The van der Waals surface area contributed by atoms with E-state index in [2.05, 4.69) is 4.98 Å². The van der Waals surface area contributed by atoms with Gasteiger partial charge >= 0.3 is 0 Å². The standard InChI is InChI=1S/C18H12N2O2/c19-13-14-10-11-20-18(12-14)22-17-8-6-16(7-9-17)21-15-4-2-1-3-5-15/h1-12H. The summed E-state index contributed by atoms with van der Waals surface area (Å²) in [6.07, 6.45) is 1.54. The summed E-state index contributed by atoms with van der Waals surface area (Å²) in [5.74, 6) is 2.51. The Hall–Kier alpha value is -3.32. The third kappa shape index (κ3) is 3.41. The molecule has 0 fully saturated rings. The Bertz CT molecular complexity index is 793. The lowest BCUT2D eigenvalue weighted by Crippen LogP contribution is -1.89. The summed E-state index contributed by atoms with van der Waals surface area (Å²) in [5.41, 5.74) is 0.508. The van der Waals surface area contributed by atoms with E-state index in [-0.39, 0.29) is 0 Å². The summed E-state index contributed by atoms with van der Waals surface area (Å²) in [6.45, 7) is 0. The summed E-state index contributed by atoms with van der Waals surface area (Å²) in [5, 5.41) is 8.85. The molecule has 0 radical (unpaired) electrons. The van der Waals surface area contributed by atoms with Crippen LogP contribution in [0.5, 0.6) is 23.1 Å². The molecule has 3 aromatic rings. The van der Waals surface area contributed by atoms with Gasteiger partial charge in [-0.15, -0.1) is 0 Å². The molecule has 0 saturated carbocycles. The smallest absolute Gasteiger partial charge is 0.220 e. The number of para-hydroxylation sites is 1. The van der Waals surface area contributed by atoms with Gasteiger partial charge in [0.05, 0.1) is 11.6 Å². The molecule has 22 heavy (non-hydrogen) atoms. The lowest BCUT2D eigenvalue weighted by molar-refractivity contribution is 0.456. The fraction of sp³-hybridized carbons (Fsp3) is 0. The lowest BCUT2D eigenvalue weighted by Gasteiger charge is -2.07. The number of pyridine rings is 1. The van der Waals surface area contributed by atoms with Gasteiger partial charge in [-0.2, -0.15) is 5.26 Å². The Labute approximate surface area is 128 Å². The first-order chi connectivity index (χ1) is 10.8. The minimum atomic E-state index is 0.385. The molecule has 1 heterocycles. The third-order valence-electron chi connectivity index (χ3n) is 2.89. The molecule has 0 aliphatic carbocycles. The number of nitrogens with zero attached hydrogens (tertiary/aromatic N) is 2. The highest BCUT2D eigenvalue weighted by Crippen LogP contribution is 2.26. The van der Waals surface area contributed by atoms with Crippen LogP contribution in [0.25, 0.3) is 0 Å². The zero-order valence-electron chi connectivity index (χ0n) is 11.6. The predicted molar refractivity (Wildman–Crippen MR) is 82.0 cm³/mol. The Morgan fingerprint density at radius 3 is 2.09 bits per heavy atom. The van der Waals surface area contributed by atoms with Crippen LogP contribution in [0.3, 0.4) is 0 Å². The van der Waals surface area contributed by atoms with Gasteiger partial charge in [-0.25, -0.2) is 4.98 Å². The van der Waals surface area contributed by atoms with E-state index in [0.29, 0.717) is 17.2 Å². The van der Waals surface area contributed by atoms with Crippen molar-refractivity contribution in [1.29, 1.82) is 5.26 Å². The number of nitriles is 1. The molecule has 0 atom stereocenters. The summed E-state index contributed by atoms with van der Waals surface area (Å²) in [7, 11) is 0. The zero-order chi connectivity index (χ0) is 15.2. The van der Waals surface area contributed by atoms with Crippen molar-refractivity contribution in [3.8, 4) is 29.2 Å². The predicted octanol–water partition coefficient (Wildman–Crippen LogP) is 4.54. The average molecular weight is 288 g/mol. The van der Waals surface area contributed by atoms with Crippen molar-refractivity contribution < 1.29 is 9.47 Å².